The van der Waals surface area contributed by atoms with Crippen molar-refractivity contribution in [2.75, 3.05) is 18.4 Å². The number of carbonyl (C=O) groups excluding carboxylic acids is 2. The van der Waals surface area contributed by atoms with E-state index < -0.39 is 23.2 Å². The molecule has 0 aliphatic heterocycles. The molecule has 2 aromatic carbocycles. The van der Waals surface area contributed by atoms with E-state index in [4.69, 9.17) is 23.2 Å². The number of halogens is 4. The summed E-state index contributed by atoms with van der Waals surface area (Å²) in [5, 5.41) is 3.13. The Bertz CT molecular complexity index is 826. The van der Waals surface area contributed by atoms with Gasteiger partial charge in [-0.3, -0.25) is 9.59 Å². The molecule has 1 N–H and O–H groups in total. The summed E-state index contributed by atoms with van der Waals surface area (Å²) >= 11 is 11.9. The maximum atomic E-state index is 13.6. The third-order valence-corrected chi connectivity index (χ3v) is 4.51. The van der Waals surface area contributed by atoms with Gasteiger partial charge in [0.05, 0.1) is 6.54 Å². The van der Waals surface area contributed by atoms with E-state index in [1.807, 2.05) is 0 Å². The topological polar surface area (TPSA) is 49.4 Å². The Morgan fingerprint density at radius 2 is 1.78 bits per heavy atom. The van der Waals surface area contributed by atoms with Crippen molar-refractivity contribution in [3.8, 4) is 0 Å². The van der Waals surface area contributed by atoms with Gasteiger partial charge in [-0.05, 0) is 43.2 Å². The highest BCUT2D eigenvalue weighted by atomic mass is 35.5. The molecule has 0 heterocycles. The largest absolute Gasteiger partial charge is 0.334 e. The average molecular weight is 415 g/mol. The summed E-state index contributed by atoms with van der Waals surface area (Å²) in [5.74, 6) is -2.71. The van der Waals surface area contributed by atoms with E-state index in [1.165, 1.54) is 11.0 Å². The number of benzene rings is 2. The standard InChI is InChI=1S/C19H18Cl2F2N2O2/c1-2-25(11-17(26)24-19-15(22)4-3-5-16(19)23)18(27)9-7-12-6-8-13(20)10-14(12)21/h3-6,8,10H,2,7,9,11H2,1H3,(H,24,26). The maximum absolute atomic E-state index is 13.6. The number of rotatable bonds is 7. The van der Waals surface area contributed by atoms with Crippen LogP contribution in [0, 0.1) is 11.6 Å². The molecule has 0 unspecified atom stereocenters. The van der Waals surface area contributed by atoms with E-state index in [2.05, 4.69) is 5.32 Å². The minimum absolute atomic E-state index is 0.135. The number of hydrogen-bond donors (Lipinski definition) is 1. The van der Waals surface area contributed by atoms with Crippen LogP contribution in [0.3, 0.4) is 0 Å². The van der Waals surface area contributed by atoms with Crippen molar-refractivity contribution in [3.63, 3.8) is 0 Å². The molecule has 0 fully saturated rings. The zero-order chi connectivity index (χ0) is 20.0. The highest BCUT2D eigenvalue weighted by Gasteiger charge is 2.18. The molecule has 0 spiro atoms. The lowest BCUT2D eigenvalue weighted by Gasteiger charge is -2.20. The van der Waals surface area contributed by atoms with Crippen LogP contribution in [-0.4, -0.2) is 29.8 Å². The van der Waals surface area contributed by atoms with Gasteiger partial charge in [0.2, 0.25) is 11.8 Å². The number of amides is 2. The Labute approximate surface area is 166 Å². The monoisotopic (exact) mass is 414 g/mol. The van der Waals surface area contributed by atoms with Crippen molar-refractivity contribution < 1.29 is 18.4 Å². The van der Waals surface area contributed by atoms with Crippen LogP contribution >= 0.6 is 23.2 Å². The number of carbonyl (C=O) groups is 2. The van der Waals surface area contributed by atoms with Crippen molar-refractivity contribution in [3.05, 3.63) is 63.6 Å². The summed E-state index contributed by atoms with van der Waals surface area (Å²) in [6.07, 6.45) is 0.519. The number of nitrogens with one attached hydrogen (secondary N) is 1. The molecule has 2 rings (SSSR count). The number of hydrogen-bond acceptors (Lipinski definition) is 2. The second kappa shape index (κ2) is 9.67. The maximum Gasteiger partial charge on any atom is 0.244 e. The quantitative estimate of drug-likeness (QED) is 0.713. The van der Waals surface area contributed by atoms with Gasteiger partial charge in [-0.2, -0.15) is 0 Å². The molecule has 0 saturated carbocycles. The molecule has 0 aliphatic carbocycles. The van der Waals surface area contributed by atoms with Crippen molar-refractivity contribution >= 4 is 40.7 Å². The van der Waals surface area contributed by atoms with Crippen LogP contribution in [-0.2, 0) is 16.0 Å². The second-order valence-electron chi connectivity index (χ2n) is 5.79. The van der Waals surface area contributed by atoms with E-state index in [9.17, 15) is 18.4 Å². The van der Waals surface area contributed by atoms with Crippen molar-refractivity contribution in [2.45, 2.75) is 19.8 Å². The van der Waals surface area contributed by atoms with Gasteiger partial charge in [0, 0.05) is 23.0 Å². The van der Waals surface area contributed by atoms with Gasteiger partial charge in [0.1, 0.15) is 17.3 Å². The summed E-state index contributed by atoms with van der Waals surface area (Å²) in [7, 11) is 0. The minimum atomic E-state index is -0.880. The smallest absolute Gasteiger partial charge is 0.244 e. The van der Waals surface area contributed by atoms with Gasteiger partial charge >= 0.3 is 0 Å². The highest BCUT2D eigenvalue weighted by Crippen LogP contribution is 2.22. The molecule has 0 radical (unpaired) electrons. The van der Waals surface area contributed by atoms with E-state index in [0.717, 1.165) is 17.7 Å². The Morgan fingerprint density at radius 3 is 2.37 bits per heavy atom. The van der Waals surface area contributed by atoms with Gasteiger partial charge in [0.15, 0.2) is 0 Å². The predicted octanol–water partition coefficient (Wildman–Crippen LogP) is 4.69. The summed E-state index contributed by atoms with van der Waals surface area (Å²) in [5.41, 5.74) is 0.238. The zero-order valence-electron chi connectivity index (χ0n) is 14.6. The SMILES string of the molecule is CCN(CC(=O)Nc1c(F)cccc1F)C(=O)CCc1ccc(Cl)cc1Cl. The number of likely N-dealkylation sites (N-methyl/N-ethyl adjacent to an activating group) is 1. The molecular formula is C19H18Cl2F2N2O2. The first-order valence-electron chi connectivity index (χ1n) is 8.27. The molecular weight excluding hydrogens is 397 g/mol. The lowest BCUT2D eigenvalue weighted by molar-refractivity contribution is -0.134. The third-order valence-electron chi connectivity index (χ3n) is 3.92. The molecule has 8 heteroatoms. The summed E-state index contributed by atoms with van der Waals surface area (Å²) in [6.45, 7) is 1.68. The van der Waals surface area contributed by atoms with Crippen LogP contribution in [0.4, 0.5) is 14.5 Å². The van der Waals surface area contributed by atoms with Gasteiger partial charge in [-0.25, -0.2) is 8.78 Å². The zero-order valence-corrected chi connectivity index (χ0v) is 16.1. The lowest BCUT2D eigenvalue weighted by atomic mass is 10.1. The van der Waals surface area contributed by atoms with Crippen LogP contribution < -0.4 is 5.32 Å². The molecule has 0 bridgehead atoms. The highest BCUT2D eigenvalue weighted by molar-refractivity contribution is 6.35. The molecule has 0 aliphatic rings. The molecule has 27 heavy (non-hydrogen) atoms. The van der Waals surface area contributed by atoms with Crippen LogP contribution in [0.1, 0.15) is 18.9 Å². The molecule has 144 valence electrons. The fourth-order valence-corrected chi connectivity index (χ4v) is 2.97. The number of aryl methyl sites for hydroxylation is 1. The summed E-state index contributed by atoms with van der Waals surface area (Å²) in [4.78, 5) is 25.8. The van der Waals surface area contributed by atoms with Gasteiger partial charge < -0.3 is 10.2 Å². The van der Waals surface area contributed by atoms with E-state index >= 15 is 0 Å². The number of anilines is 1. The van der Waals surface area contributed by atoms with Gasteiger partial charge in [-0.15, -0.1) is 0 Å². The molecule has 0 aromatic heterocycles. The van der Waals surface area contributed by atoms with Crippen LogP contribution in [0.2, 0.25) is 10.0 Å². The Balaban J connectivity index is 1.95. The molecule has 0 saturated heterocycles. The summed E-state index contributed by atoms with van der Waals surface area (Å²) < 4.78 is 27.2. The first-order chi connectivity index (χ1) is 12.8. The fourth-order valence-electron chi connectivity index (χ4n) is 2.47. The lowest BCUT2D eigenvalue weighted by Crippen LogP contribution is -2.38. The Morgan fingerprint density at radius 1 is 1.11 bits per heavy atom. The predicted molar refractivity (Wildman–Crippen MR) is 102 cm³/mol. The Kier molecular flexibility index (Phi) is 7.56. The van der Waals surface area contributed by atoms with Gasteiger partial charge in [-0.1, -0.05) is 35.3 Å². The molecule has 4 nitrogen and oxygen atoms in total. The van der Waals surface area contributed by atoms with Crippen LogP contribution in [0.15, 0.2) is 36.4 Å². The first kappa shape index (κ1) is 21.1. The average Bonchev–Trinajstić information content (AvgIpc) is 2.62. The van der Waals surface area contributed by atoms with Crippen LogP contribution in [0.5, 0.6) is 0 Å². The molecule has 2 amide bonds. The van der Waals surface area contributed by atoms with Gasteiger partial charge in [0.25, 0.3) is 0 Å². The minimum Gasteiger partial charge on any atom is -0.334 e. The second-order valence-corrected chi connectivity index (χ2v) is 6.63. The van der Waals surface area contributed by atoms with Crippen LogP contribution in [0.25, 0.3) is 0 Å². The normalized spacial score (nSPS) is 10.6. The van der Waals surface area contributed by atoms with Crippen molar-refractivity contribution in [1.82, 2.24) is 4.90 Å². The van der Waals surface area contributed by atoms with E-state index in [0.29, 0.717) is 16.5 Å². The van der Waals surface area contributed by atoms with E-state index in [-0.39, 0.29) is 25.4 Å². The number of nitrogens with zero attached hydrogens (tertiary/aromatic N) is 1. The van der Waals surface area contributed by atoms with Crippen molar-refractivity contribution in [1.29, 1.82) is 0 Å². The first-order valence-corrected chi connectivity index (χ1v) is 9.03. The molecule has 0 atom stereocenters. The fraction of sp³-hybridized carbons (Fsp3) is 0.263. The van der Waals surface area contributed by atoms with E-state index in [1.54, 1.807) is 25.1 Å². The Hall–Kier alpha value is -2.18. The molecule has 2 aromatic rings. The van der Waals surface area contributed by atoms with Crippen molar-refractivity contribution in [2.24, 2.45) is 0 Å². The summed E-state index contributed by atoms with van der Waals surface area (Å²) in [6, 6.07) is 8.29. The number of para-hydroxylation sites is 1. The third kappa shape index (κ3) is 5.91.